The Bertz CT molecular complexity index is 1150. The van der Waals surface area contributed by atoms with Gasteiger partial charge in [-0.15, -0.1) is 0 Å². The van der Waals surface area contributed by atoms with E-state index in [2.05, 4.69) is 22.9 Å². The summed E-state index contributed by atoms with van der Waals surface area (Å²) < 4.78 is 62.8. The van der Waals surface area contributed by atoms with E-state index in [4.69, 9.17) is 4.74 Å². The molecule has 31 heavy (non-hydrogen) atoms. The van der Waals surface area contributed by atoms with Gasteiger partial charge in [-0.3, -0.25) is 0 Å². The molecule has 5 nitrogen and oxygen atoms in total. The molecule has 1 aliphatic rings. The van der Waals surface area contributed by atoms with E-state index < -0.39 is 26.6 Å². The van der Waals surface area contributed by atoms with E-state index in [0.29, 0.717) is 26.1 Å². The van der Waals surface area contributed by atoms with Crippen molar-refractivity contribution in [2.24, 2.45) is 0 Å². The Morgan fingerprint density at radius 1 is 1.03 bits per heavy atom. The fourth-order valence-corrected chi connectivity index (χ4v) is 5.94. The van der Waals surface area contributed by atoms with E-state index in [0.717, 1.165) is 35.6 Å². The molecular weight excluding hydrogens is 422 g/mol. The molecule has 1 fully saturated rings. The largest absolute Gasteiger partial charge is 0.380 e. The molecule has 0 atom stereocenters. The van der Waals surface area contributed by atoms with Crippen molar-refractivity contribution < 1.29 is 21.9 Å². The molecule has 2 heterocycles. The maximum atomic E-state index is 14.1. The quantitative estimate of drug-likeness (QED) is 0.499. The third-order valence-corrected chi connectivity index (χ3v) is 7.86. The van der Waals surface area contributed by atoms with Crippen LogP contribution in [0.4, 0.5) is 8.78 Å². The molecule has 2 aromatic carbocycles. The minimum Gasteiger partial charge on any atom is -0.380 e. The van der Waals surface area contributed by atoms with Gasteiger partial charge in [0.2, 0.25) is 10.0 Å². The van der Waals surface area contributed by atoms with Crippen molar-refractivity contribution in [3.8, 4) is 0 Å². The van der Waals surface area contributed by atoms with Crippen LogP contribution < -0.4 is 0 Å². The van der Waals surface area contributed by atoms with E-state index >= 15 is 0 Å². The summed E-state index contributed by atoms with van der Waals surface area (Å²) in [6.07, 6.45) is 3.32. The number of hydrogen-bond acceptors (Lipinski definition) is 3. The van der Waals surface area contributed by atoms with Crippen LogP contribution in [0.3, 0.4) is 0 Å². The predicted molar refractivity (Wildman–Crippen MR) is 116 cm³/mol. The van der Waals surface area contributed by atoms with E-state index in [1.807, 2.05) is 19.1 Å². The Balaban J connectivity index is 1.55. The number of benzene rings is 2. The Kier molecular flexibility index (Phi) is 6.41. The second-order valence-corrected chi connectivity index (χ2v) is 9.60. The molecule has 1 saturated heterocycles. The van der Waals surface area contributed by atoms with Gasteiger partial charge in [-0.05, 0) is 49.4 Å². The highest BCUT2D eigenvalue weighted by Crippen LogP contribution is 2.36. The van der Waals surface area contributed by atoms with Gasteiger partial charge in [-0.1, -0.05) is 24.3 Å². The summed E-state index contributed by atoms with van der Waals surface area (Å²) in [6.45, 7) is 4.45. The van der Waals surface area contributed by atoms with E-state index in [-0.39, 0.29) is 19.0 Å². The average molecular weight is 449 g/mol. The lowest BCUT2D eigenvalue weighted by molar-refractivity contribution is 0.140. The highest BCUT2D eigenvalue weighted by atomic mass is 32.2. The topological polar surface area (TPSA) is 51.5 Å². The molecule has 1 aromatic heterocycles. The summed E-state index contributed by atoms with van der Waals surface area (Å²) in [4.78, 5) is -0.860. The van der Waals surface area contributed by atoms with Crippen LogP contribution in [0.2, 0.25) is 0 Å². The van der Waals surface area contributed by atoms with E-state index in [1.54, 1.807) is 0 Å². The summed E-state index contributed by atoms with van der Waals surface area (Å²) in [5, 5.41) is 1.15. The lowest BCUT2D eigenvalue weighted by Gasteiger charge is -2.31. The highest BCUT2D eigenvalue weighted by molar-refractivity contribution is 7.89. The molecule has 0 unspecified atom stereocenters. The third-order valence-electron chi connectivity index (χ3n) is 5.91. The first-order valence-corrected chi connectivity index (χ1v) is 12.0. The van der Waals surface area contributed by atoms with Crippen LogP contribution in [-0.2, 0) is 21.3 Å². The van der Waals surface area contributed by atoms with Crippen LogP contribution in [0.1, 0.15) is 31.2 Å². The van der Waals surface area contributed by atoms with Crippen molar-refractivity contribution in [3.63, 3.8) is 0 Å². The van der Waals surface area contributed by atoms with Crippen LogP contribution in [0, 0.1) is 11.6 Å². The van der Waals surface area contributed by atoms with Gasteiger partial charge in [0.15, 0.2) is 4.90 Å². The van der Waals surface area contributed by atoms with Crippen molar-refractivity contribution in [1.29, 1.82) is 0 Å². The van der Waals surface area contributed by atoms with Crippen molar-refractivity contribution in [3.05, 3.63) is 65.9 Å². The monoisotopic (exact) mass is 448 g/mol. The fourth-order valence-electron chi connectivity index (χ4n) is 4.36. The number of piperidine rings is 1. The van der Waals surface area contributed by atoms with Crippen molar-refractivity contribution in [2.75, 3.05) is 26.3 Å². The molecule has 4 rings (SSSR count). The predicted octanol–water partition coefficient (Wildman–Crippen LogP) is 4.52. The fraction of sp³-hybridized carbons (Fsp3) is 0.391. The van der Waals surface area contributed by atoms with Crippen LogP contribution in [0.5, 0.6) is 0 Å². The van der Waals surface area contributed by atoms with Gasteiger partial charge in [0.05, 0.1) is 6.61 Å². The van der Waals surface area contributed by atoms with Gasteiger partial charge in [0.25, 0.3) is 0 Å². The number of rotatable bonds is 7. The number of sulfonamides is 1. The maximum Gasteiger partial charge on any atom is 0.248 e. The molecule has 0 radical (unpaired) electrons. The molecule has 0 amide bonds. The van der Waals surface area contributed by atoms with Crippen LogP contribution in [0.25, 0.3) is 10.9 Å². The molecule has 0 N–H and O–H groups in total. The Morgan fingerprint density at radius 3 is 2.39 bits per heavy atom. The number of halogens is 2. The number of hydrogen-bond donors (Lipinski definition) is 0. The zero-order chi connectivity index (χ0) is 22.0. The zero-order valence-electron chi connectivity index (χ0n) is 17.4. The second-order valence-electron chi connectivity index (χ2n) is 7.72. The average Bonchev–Trinajstić information content (AvgIpc) is 3.13. The lowest BCUT2D eigenvalue weighted by atomic mass is 9.90. The van der Waals surface area contributed by atoms with E-state index in [1.165, 1.54) is 9.87 Å². The van der Waals surface area contributed by atoms with Crippen molar-refractivity contribution in [2.45, 2.75) is 37.1 Å². The van der Waals surface area contributed by atoms with Gasteiger partial charge >= 0.3 is 0 Å². The Labute approximate surface area is 181 Å². The molecule has 3 aromatic rings. The zero-order valence-corrected chi connectivity index (χ0v) is 18.2. The first-order chi connectivity index (χ1) is 14.9. The number of ether oxygens (including phenoxy) is 1. The summed E-state index contributed by atoms with van der Waals surface area (Å²) in [5.74, 6) is -1.94. The molecule has 1 aliphatic heterocycles. The summed E-state index contributed by atoms with van der Waals surface area (Å²) in [6, 6.07) is 11.3. The molecule has 0 spiro atoms. The van der Waals surface area contributed by atoms with Crippen molar-refractivity contribution >= 4 is 20.9 Å². The number of nitrogens with zero attached hydrogens (tertiary/aromatic N) is 2. The van der Waals surface area contributed by atoms with Crippen LogP contribution >= 0.6 is 0 Å². The SMILES string of the molecule is CCOCCn1cc(C2CCN(S(=O)(=O)c3c(F)cccc3F)CC2)c2ccccc21. The Morgan fingerprint density at radius 2 is 1.71 bits per heavy atom. The standard InChI is InChI=1S/C23H26F2N2O3S/c1-2-30-15-14-26-16-19(18-6-3-4-9-22(18)26)17-10-12-27(13-11-17)31(28,29)23-20(24)7-5-8-21(23)25/h3-9,16-17H,2,10-15H2,1H3. The first kappa shape index (κ1) is 21.9. The minimum absolute atomic E-state index is 0.176. The Hall–Kier alpha value is -2.29. The molecule has 0 bridgehead atoms. The summed E-state index contributed by atoms with van der Waals surface area (Å²) in [5.41, 5.74) is 2.31. The summed E-state index contributed by atoms with van der Waals surface area (Å²) >= 11 is 0. The molecule has 0 aliphatic carbocycles. The van der Waals surface area contributed by atoms with Gasteiger partial charge in [-0.2, -0.15) is 4.31 Å². The molecule has 0 saturated carbocycles. The number of fused-ring (bicyclic) bond motifs is 1. The van der Waals surface area contributed by atoms with Crippen molar-refractivity contribution in [1.82, 2.24) is 8.87 Å². The normalized spacial score (nSPS) is 16.2. The minimum atomic E-state index is -4.22. The smallest absolute Gasteiger partial charge is 0.248 e. The maximum absolute atomic E-state index is 14.1. The van der Waals surface area contributed by atoms with E-state index in [9.17, 15) is 17.2 Å². The van der Waals surface area contributed by atoms with Gasteiger partial charge in [0.1, 0.15) is 11.6 Å². The van der Waals surface area contributed by atoms with Gasteiger partial charge < -0.3 is 9.30 Å². The highest BCUT2D eigenvalue weighted by Gasteiger charge is 2.34. The molecular formula is C23H26F2N2O3S. The summed E-state index contributed by atoms with van der Waals surface area (Å²) in [7, 11) is -4.22. The third kappa shape index (κ3) is 4.24. The molecule has 166 valence electrons. The number of para-hydroxylation sites is 1. The molecule has 8 heteroatoms. The van der Waals surface area contributed by atoms with Gasteiger partial charge in [0, 0.05) is 43.3 Å². The van der Waals surface area contributed by atoms with Crippen LogP contribution in [-0.4, -0.2) is 43.6 Å². The first-order valence-electron chi connectivity index (χ1n) is 10.5. The van der Waals surface area contributed by atoms with Crippen LogP contribution in [0.15, 0.2) is 53.6 Å². The second kappa shape index (κ2) is 9.06. The van der Waals surface area contributed by atoms with Gasteiger partial charge in [-0.25, -0.2) is 17.2 Å². The lowest BCUT2D eigenvalue weighted by Crippen LogP contribution is -2.38. The number of aromatic nitrogens is 1.